The molecule has 3 nitrogen and oxygen atoms in total. The fraction of sp³-hybridized carbons (Fsp3) is 0.412. The molecule has 1 aliphatic rings. The first-order valence-corrected chi connectivity index (χ1v) is 8.58. The highest BCUT2D eigenvalue weighted by molar-refractivity contribution is 7.99. The van der Waals surface area contributed by atoms with Crippen molar-refractivity contribution in [1.29, 1.82) is 0 Å². The van der Waals surface area contributed by atoms with E-state index >= 15 is 0 Å². The Morgan fingerprint density at radius 3 is 2.45 bits per heavy atom. The van der Waals surface area contributed by atoms with Crippen molar-refractivity contribution in [1.82, 2.24) is 14.9 Å². The van der Waals surface area contributed by atoms with Crippen LogP contribution in [0.15, 0.2) is 47.9 Å². The van der Waals surface area contributed by atoms with E-state index in [2.05, 4.69) is 14.9 Å². The van der Waals surface area contributed by atoms with E-state index in [9.17, 15) is 4.39 Å². The summed E-state index contributed by atoms with van der Waals surface area (Å²) in [4.78, 5) is 11.1. The summed E-state index contributed by atoms with van der Waals surface area (Å²) in [6.45, 7) is 3.28. The molecular weight excluding hydrogens is 297 g/mol. The van der Waals surface area contributed by atoms with Gasteiger partial charge in [0.15, 0.2) is 5.16 Å². The van der Waals surface area contributed by atoms with Crippen LogP contribution in [-0.2, 0) is 6.42 Å². The molecule has 0 amide bonds. The first-order chi connectivity index (χ1) is 10.8. The molecule has 0 unspecified atom stereocenters. The molecule has 0 aliphatic carbocycles. The molecule has 116 valence electrons. The van der Waals surface area contributed by atoms with Gasteiger partial charge in [-0.3, -0.25) is 0 Å². The summed E-state index contributed by atoms with van der Waals surface area (Å²) in [6.07, 6.45) is 6.93. The Morgan fingerprint density at radius 1 is 1.09 bits per heavy atom. The van der Waals surface area contributed by atoms with Gasteiger partial charge in [0.05, 0.1) is 0 Å². The zero-order valence-corrected chi connectivity index (χ0v) is 13.3. The lowest BCUT2D eigenvalue weighted by atomic mass is 10.1. The van der Waals surface area contributed by atoms with E-state index in [1.54, 1.807) is 24.2 Å². The molecule has 3 rings (SSSR count). The predicted molar refractivity (Wildman–Crippen MR) is 87.5 cm³/mol. The molecule has 1 aromatic heterocycles. The summed E-state index contributed by atoms with van der Waals surface area (Å²) in [5.41, 5.74) is 1.20. The van der Waals surface area contributed by atoms with Gasteiger partial charge in [-0.05, 0) is 56.1 Å². The lowest BCUT2D eigenvalue weighted by Gasteiger charge is -2.31. The third-order valence-corrected chi connectivity index (χ3v) is 5.21. The molecule has 1 saturated heterocycles. The maximum absolute atomic E-state index is 12.9. The van der Waals surface area contributed by atoms with E-state index in [4.69, 9.17) is 0 Å². The van der Waals surface area contributed by atoms with Gasteiger partial charge in [-0.15, -0.1) is 0 Å². The largest absolute Gasteiger partial charge is 0.303 e. The molecule has 0 atom stereocenters. The molecule has 0 saturated carbocycles. The zero-order valence-electron chi connectivity index (χ0n) is 12.5. The number of likely N-dealkylation sites (tertiary alicyclic amines) is 1. The zero-order chi connectivity index (χ0) is 15.2. The van der Waals surface area contributed by atoms with Gasteiger partial charge in [-0.1, -0.05) is 23.9 Å². The fourth-order valence-corrected chi connectivity index (χ4v) is 3.67. The number of thioether (sulfide) groups is 1. The second-order valence-electron chi connectivity index (χ2n) is 5.57. The Hall–Kier alpha value is -1.46. The second-order valence-corrected chi connectivity index (χ2v) is 6.83. The molecule has 0 bridgehead atoms. The van der Waals surface area contributed by atoms with Crippen LogP contribution in [-0.4, -0.2) is 39.8 Å². The Balaban J connectivity index is 1.41. The smallest absolute Gasteiger partial charge is 0.187 e. The average Bonchev–Trinajstić information content (AvgIpc) is 2.57. The lowest BCUT2D eigenvalue weighted by molar-refractivity contribution is 0.235. The number of nitrogens with zero attached hydrogens (tertiary/aromatic N) is 3. The molecule has 2 heterocycles. The third kappa shape index (κ3) is 4.52. The van der Waals surface area contributed by atoms with Crippen LogP contribution in [0.1, 0.15) is 18.4 Å². The average molecular weight is 317 g/mol. The number of rotatable bonds is 5. The number of halogens is 1. The highest BCUT2D eigenvalue weighted by atomic mass is 32.2. The van der Waals surface area contributed by atoms with Crippen molar-refractivity contribution >= 4 is 11.8 Å². The Kier molecular flexibility index (Phi) is 5.40. The maximum atomic E-state index is 12.9. The topological polar surface area (TPSA) is 29.0 Å². The number of piperidine rings is 1. The summed E-state index contributed by atoms with van der Waals surface area (Å²) < 4.78 is 12.9. The number of hydrogen-bond donors (Lipinski definition) is 0. The molecule has 22 heavy (non-hydrogen) atoms. The van der Waals surface area contributed by atoms with Crippen molar-refractivity contribution in [2.24, 2.45) is 0 Å². The van der Waals surface area contributed by atoms with Crippen molar-refractivity contribution < 1.29 is 4.39 Å². The first-order valence-electron chi connectivity index (χ1n) is 7.70. The molecule has 2 aromatic rings. The van der Waals surface area contributed by atoms with Gasteiger partial charge in [0.2, 0.25) is 0 Å². The first kappa shape index (κ1) is 15.4. The van der Waals surface area contributed by atoms with Crippen LogP contribution in [0, 0.1) is 5.82 Å². The fourth-order valence-electron chi connectivity index (χ4n) is 2.68. The van der Waals surface area contributed by atoms with Crippen LogP contribution < -0.4 is 0 Å². The lowest BCUT2D eigenvalue weighted by Crippen LogP contribution is -2.36. The molecule has 1 fully saturated rings. The van der Waals surface area contributed by atoms with E-state index in [-0.39, 0.29) is 5.82 Å². The summed E-state index contributed by atoms with van der Waals surface area (Å²) in [6, 6.07) is 8.69. The van der Waals surface area contributed by atoms with Gasteiger partial charge in [0.1, 0.15) is 5.82 Å². The quantitative estimate of drug-likeness (QED) is 0.790. The molecule has 1 aromatic carbocycles. The highest BCUT2D eigenvalue weighted by Gasteiger charge is 2.20. The monoisotopic (exact) mass is 317 g/mol. The summed E-state index contributed by atoms with van der Waals surface area (Å²) >= 11 is 1.79. The molecule has 1 aliphatic heterocycles. The van der Waals surface area contributed by atoms with Gasteiger partial charge in [-0.2, -0.15) is 0 Å². The van der Waals surface area contributed by atoms with Gasteiger partial charge in [0.25, 0.3) is 0 Å². The molecular formula is C17H20FN3S. The van der Waals surface area contributed by atoms with Crippen LogP contribution in [0.4, 0.5) is 4.39 Å². The minimum atomic E-state index is -0.162. The van der Waals surface area contributed by atoms with Crippen LogP contribution >= 0.6 is 11.8 Å². The SMILES string of the molecule is Fc1ccc(CCN2CCC(Sc3ncccn3)CC2)cc1. The molecule has 0 radical (unpaired) electrons. The number of benzene rings is 1. The van der Waals surface area contributed by atoms with E-state index in [1.807, 2.05) is 18.2 Å². The highest BCUT2D eigenvalue weighted by Crippen LogP contribution is 2.27. The van der Waals surface area contributed by atoms with Crippen LogP contribution in [0.25, 0.3) is 0 Å². The van der Waals surface area contributed by atoms with Gasteiger partial charge >= 0.3 is 0 Å². The Labute approximate surface area is 135 Å². The van der Waals surface area contributed by atoms with Gasteiger partial charge in [0, 0.05) is 24.2 Å². The van der Waals surface area contributed by atoms with Crippen molar-refractivity contribution in [3.05, 3.63) is 54.1 Å². The van der Waals surface area contributed by atoms with Crippen LogP contribution in [0.3, 0.4) is 0 Å². The van der Waals surface area contributed by atoms with Gasteiger partial charge < -0.3 is 4.90 Å². The van der Waals surface area contributed by atoms with Gasteiger partial charge in [-0.25, -0.2) is 14.4 Å². The molecule has 0 N–H and O–H groups in total. The number of aromatic nitrogens is 2. The predicted octanol–water partition coefficient (Wildman–Crippen LogP) is 3.41. The Bertz CT molecular complexity index is 568. The third-order valence-electron chi connectivity index (χ3n) is 3.98. The summed E-state index contributed by atoms with van der Waals surface area (Å²) in [7, 11) is 0. The minimum absolute atomic E-state index is 0.162. The molecule has 5 heteroatoms. The van der Waals surface area contributed by atoms with Crippen LogP contribution in [0.5, 0.6) is 0 Å². The second kappa shape index (κ2) is 7.70. The van der Waals surface area contributed by atoms with E-state index < -0.39 is 0 Å². The standard InChI is InChI=1S/C17H20FN3S/c18-15-4-2-14(3-5-15)6-11-21-12-7-16(8-13-21)22-17-19-9-1-10-20-17/h1-5,9-10,16H,6-8,11-13H2. The van der Waals surface area contributed by atoms with E-state index in [0.29, 0.717) is 5.25 Å². The van der Waals surface area contributed by atoms with Crippen LogP contribution in [0.2, 0.25) is 0 Å². The normalized spacial score (nSPS) is 16.8. The minimum Gasteiger partial charge on any atom is -0.303 e. The van der Waals surface area contributed by atoms with Crippen molar-refractivity contribution in [3.63, 3.8) is 0 Å². The maximum Gasteiger partial charge on any atom is 0.187 e. The van der Waals surface area contributed by atoms with Crippen molar-refractivity contribution in [2.75, 3.05) is 19.6 Å². The van der Waals surface area contributed by atoms with Crippen molar-refractivity contribution in [2.45, 2.75) is 29.7 Å². The molecule has 0 spiro atoms. The summed E-state index contributed by atoms with van der Waals surface area (Å²) in [5.74, 6) is -0.162. The van der Waals surface area contributed by atoms with E-state index in [1.165, 1.54) is 30.5 Å². The van der Waals surface area contributed by atoms with E-state index in [0.717, 1.165) is 31.2 Å². The number of hydrogen-bond acceptors (Lipinski definition) is 4. The van der Waals surface area contributed by atoms with Crippen molar-refractivity contribution in [3.8, 4) is 0 Å². The summed E-state index contributed by atoms with van der Waals surface area (Å²) in [5, 5.41) is 1.50. The Morgan fingerprint density at radius 2 is 1.77 bits per heavy atom.